The molecule has 0 aromatic heterocycles. The molecule has 0 radical (unpaired) electrons. The molecule has 2 aromatic rings. The summed E-state index contributed by atoms with van der Waals surface area (Å²) in [7, 11) is 1.68. The van der Waals surface area contributed by atoms with Crippen LogP contribution in [0.3, 0.4) is 0 Å². The zero-order valence-electron chi connectivity index (χ0n) is 15.5. The van der Waals surface area contributed by atoms with Gasteiger partial charge in [0, 0.05) is 44.4 Å². The lowest BCUT2D eigenvalue weighted by molar-refractivity contribution is -0.384. The summed E-state index contributed by atoms with van der Waals surface area (Å²) in [5, 5.41) is 20.4. The van der Waals surface area contributed by atoms with Crippen LogP contribution in [-0.2, 0) is 6.54 Å². The van der Waals surface area contributed by atoms with Crippen molar-refractivity contribution < 1.29 is 9.66 Å². The second kappa shape index (κ2) is 8.06. The van der Waals surface area contributed by atoms with Crippen LogP contribution in [0.25, 0.3) is 0 Å². The summed E-state index contributed by atoms with van der Waals surface area (Å²) in [6.45, 7) is 5.84. The molecule has 0 atom stereocenters. The molecule has 1 aliphatic heterocycles. The highest BCUT2D eigenvalue weighted by Crippen LogP contribution is 2.30. The van der Waals surface area contributed by atoms with E-state index in [1.54, 1.807) is 19.2 Å². The number of methoxy groups -OCH3 is 1. The molecule has 0 N–H and O–H groups in total. The van der Waals surface area contributed by atoms with Gasteiger partial charge >= 0.3 is 0 Å². The molecule has 1 saturated heterocycles. The number of nitro groups is 1. The molecular weight excluding hydrogens is 344 g/mol. The fraction of sp³-hybridized carbons (Fsp3) is 0.350. The molecule has 1 aliphatic rings. The maximum atomic E-state index is 11.4. The summed E-state index contributed by atoms with van der Waals surface area (Å²) < 4.78 is 5.46. The van der Waals surface area contributed by atoms with Crippen molar-refractivity contribution in [2.75, 3.05) is 38.2 Å². The predicted molar refractivity (Wildman–Crippen MR) is 103 cm³/mol. The van der Waals surface area contributed by atoms with Gasteiger partial charge < -0.3 is 9.64 Å². The quantitative estimate of drug-likeness (QED) is 0.597. The minimum atomic E-state index is -0.417. The lowest BCUT2D eigenvalue weighted by Crippen LogP contribution is -2.46. The van der Waals surface area contributed by atoms with Gasteiger partial charge in [-0.3, -0.25) is 15.0 Å². The van der Waals surface area contributed by atoms with E-state index in [0.29, 0.717) is 24.3 Å². The highest BCUT2D eigenvalue weighted by molar-refractivity contribution is 5.65. The van der Waals surface area contributed by atoms with Gasteiger partial charge in [-0.15, -0.1) is 0 Å². The van der Waals surface area contributed by atoms with E-state index in [-0.39, 0.29) is 5.69 Å². The maximum absolute atomic E-state index is 11.4. The van der Waals surface area contributed by atoms with Crippen LogP contribution in [0.1, 0.15) is 16.7 Å². The van der Waals surface area contributed by atoms with Crippen molar-refractivity contribution in [3.05, 3.63) is 63.2 Å². The van der Waals surface area contributed by atoms with Gasteiger partial charge in [0.25, 0.3) is 5.69 Å². The Bertz CT molecular complexity index is 883. The number of nitriles is 1. The van der Waals surface area contributed by atoms with Crippen molar-refractivity contribution in [1.29, 1.82) is 5.26 Å². The number of anilines is 1. The molecule has 1 heterocycles. The number of benzene rings is 2. The monoisotopic (exact) mass is 366 g/mol. The van der Waals surface area contributed by atoms with Gasteiger partial charge in [-0.25, -0.2) is 0 Å². The molecule has 0 bridgehead atoms. The molecule has 7 nitrogen and oxygen atoms in total. The molecule has 0 unspecified atom stereocenters. The first-order valence-corrected chi connectivity index (χ1v) is 8.81. The fourth-order valence-corrected chi connectivity index (χ4v) is 3.43. The molecule has 0 spiro atoms. The van der Waals surface area contributed by atoms with Crippen molar-refractivity contribution in [2.45, 2.75) is 13.5 Å². The summed E-state index contributed by atoms with van der Waals surface area (Å²) in [4.78, 5) is 15.3. The Morgan fingerprint density at radius 1 is 1.19 bits per heavy atom. The summed E-state index contributed by atoms with van der Waals surface area (Å²) >= 11 is 0. The maximum Gasteiger partial charge on any atom is 0.293 e. The van der Waals surface area contributed by atoms with Gasteiger partial charge in [-0.1, -0.05) is 17.7 Å². The van der Waals surface area contributed by atoms with Crippen LogP contribution in [0, 0.1) is 28.4 Å². The third kappa shape index (κ3) is 4.18. The topological polar surface area (TPSA) is 82.6 Å². The average molecular weight is 366 g/mol. The van der Waals surface area contributed by atoms with E-state index >= 15 is 0 Å². The van der Waals surface area contributed by atoms with E-state index in [1.165, 1.54) is 11.6 Å². The standard InChI is InChI=1S/C20H22N4O3/c1-15-3-6-20(27-2)17(11-15)14-22-7-9-23(10-8-22)18-5-4-16(13-21)12-19(18)24(25)26/h3-6,11-12H,7-10,14H2,1-2H3. The Morgan fingerprint density at radius 3 is 2.56 bits per heavy atom. The molecule has 27 heavy (non-hydrogen) atoms. The first-order chi connectivity index (χ1) is 13.0. The van der Waals surface area contributed by atoms with Crippen LogP contribution >= 0.6 is 0 Å². The van der Waals surface area contributed by atoms with Crippen LogP contribution < -0.4 is 9.64 Å². The van der Waals surface area contributed by atoms with Crippen molar-refractivity contribution in [1.82, 2.24) is 4.90 Å². The lowest BCUT2D eigenvalue weighted by Gasteiger charge is -2.36. The third-order valence-corrected chi connectivity index (χ3v) is 4.84. The van der Waals surface area contributed by atoms with Gasteiger partial charge in [0.2, 0.25) is 0 Å². The van der Waals surface area contributed by atoms with Gasteiger partial charge in [0.15, 0.2) is 0 Å². The molecule has 3 rings (SSSR count). The van der Waals surface area contributed by atoms with Gasteiger partial charge in [0.05, 0.1) is 23.7 Å². The first-order valence-electron chi connectivity index (χ1n) is 8.81. The number of ether oxygens (including phenoxy) is 1. The fourth-order valence-electron chi connectivity index (χ4n) is 3.43. The van der Waals surface area contributed by atoms with E-state index < -0.39 is 4.92 Å². The van der Waals surface area contributed by atoms with E-state index in [0.717, 1.165) is 30.9 Å². The number of rotatable bonds is 5. The molecule has 0 amide bonds. The van der Waals surface area contributed by atoms with Gasteiger partial charge in [-0.05, 0) is 25.1 Å². The summed E-state index contributed by atoms with van der Waals surface area (Å²) in [6, 6.07) is 12.8. The second-order valence-electron chi connectivity index (χ2n) is 6.65. The zero-order chi connectivity index (χ0) is 19.4. The van der Waals surface area contributed by atoms with E-state index in [1.807, 2.05) is 23.1 Å². The number of nitrogens with zero attached hydrogens (tertiary/aromatic N) is 4. The zero-order valence-corrected chi connectivity index (χ0v) is 15.5. The van der Waals surface area contributed by atoms with Crippen molar-refractivity contribution >= 4 is 11.4 Å². The SMILES string of the molecule is COc1ccc(C)cc1CN1CCN(c2ccc(C#N)cc2[N+](=O)[O-])CC1. The van der Waals surface area contributed by atoms with Crippen LogP contribution in [0.5, 0.6) is 5.75 Å². The summed E-state index contributed by atoms with van der Waals surface area (Å²) in [5.74, 6) is 0.880. The van der Waals surface area contributed by atoms with Crippen molar-refractivity contribution in [2.24, 2.45) is 0 Å². The highest BCUT2D eigenvalue weighted by Gasteiger charge is 2.24. The molecule has 0 saturated carbocycles. The first kappa shape index (κ1) is 18.7. The summed E-state index contributed by atoms with van der Waals surface area (Å²) in [6.07, 6.45) is 0. The molecular formula is C20H22N4O3. The van der Waals surface area contributed by atoms with E-state index in [2.05, 4.69) is 17.9 Å². The van der Waals surface area contributed by atoms with Crippen molar-refractivity contribution in [3.8, 4) is 11.8 Å². The summed E-state index contributed by atoms with van der Waals surface area (Å²) in [5.41, 5.74) is 3.21. The normalized spacial score (nSPS) is 14.6. The van der Waals surface area contributed by atoms with Gasteiger partial charge in [-0.2, -0.15) is 5.26 Å². The minimum Gasteiger partial charge on any atom is -0.496 e. The van der Waals surface area contributed by atoms with Crippen LogP contribution in [0.2, 0.25) is 0 Å². The van der Waals surface area contributed by atoms with Crippen LogP contribution in [-0.4, -0.2) is 43.1 Å². The Labute approximate surface area is 158 Å². The Hall–Kier alpha value is -3.11. The second-order valence-corrected chi connectivity index (χ2v) is 6.65. The third-order valence-electron chi connectivity index (χ3n) is 4.84. The van der Waals surface area contributed by atoms with Crippen molar-refractivity contribution in [3.63, 3.8) is 0 Å². The van der Waals surface area contributed by atoms with E-state index in [9.17, 15) is 10.1 Å². The smallest absolute Gasteiger partial charge is 0.293 e. The molecule has 2 aromatic carbocycles. The minimum absolute atomic E-state index is 0.0112. The molecule has 1 fully saturated rings. The molecule has 7 heteroatoms. The van der Waals surface area contributed by atoms with Crippen LogP contribution in [0.15, 0.2) is 36.4 Å². The largest absolute Gasteiger partial charge is 0.496 e. The predicted octanol–water partition coefficient (Wildman–Crippen LogP) is 3.11. The Morgan fingerprint density at radius 2 is 1.93 bits per heavy atom. The Balaban J connectivity index is 1.70. The Kier molecular flexibility index (Phi) is 5.57. The number of hydrogen-bond donors (Lipinski definition) is 0. The number of piperazine rings is 1. The molecule has 0 aliphatic carbocycles. The molecule has 140 valence electrons. The lowest BCUT2D eigenvalue weighted by atomic mass is 10.1. The van der Waals surface area contributed by atoms with Crippen LogP contribution in [0.4, 0.5) is 11.4 Å². The highest BCUT2D eigenvalue weighted by atomic mass is 16.6. The van der Waals surface area contributed by atoms with Gasteiger partial charge in [0.1, 0.15) is 11.4 Å². The number of nitro benzene ring substituents is 1. The average Bonchev–Trinajstić information content (AvgIpc) is 2.68. The van der Waals surface area contributed by atoms with E-state index in [4.69, 9.17) is 10.00 Å². The number of hydrogen-bond acceptors (Lipinski definition) is 6. The number of aryl methyl sites for hydroxylation is 1.